The number of hydrogen-bond acceptors (Lipinski definition) is 3. The quantitative estimate of drug-likeness (QED) is 0.898. The number of carboxylic acids is 1. The van der Waals surface area contributed by atoms with Crippen LogP contribution in [0.25, 0.3) is 0 Å². The van der Waals surface area contributed by atoms with E-state index in [0.717, 1.165) is 6.07 Å². The molecule has 0 aliphatic heterocycles. The Balaban J connectivity index is 2.73. The molecule has 0 fully saturated rings. The predicted molar refractivity (Wildman–Crippen MR) is 68.2 cm³/mol. The van der Waals surface area contributed by atoms with Crippen LogP contribution < -0.4 is 0 Å². The van der Waals surface area contributed by atoms with E-state index in [1.165, 1.54) is 12.1 Å². The molecule has 106 valence electrons. The van der Waals surface area contributed by atoms with Crippen molar-refractivity contribution >= 4 is 40.1 Å². The highest BCUT2D eigenvalue weighted by Gasteiger charge is 2.28. The first kappa shape index (κ1) is 16.3. The zero-order valence-corrected chi connectivity index (χ0v) is 11.6. The van der Waals surface area contributed by atoms with Gasteiger partial charge in [-0.25, -0.2) is 4.79 Å². The van der Waals surface area contributed by atoms with Crippen molar-refractivity contribution in [2.24, 2.45) is 0 Å². The standard InChI is InChI=1S/C10H8ClF3O3S2/c11-8-2-1-6(5-7(8)9(15)16)19(17)4-3-18-10(12,13)14/h1-2,5H,3-4H2,(H,15,16). The van der Waals surface area contributed by atoms with Crippen molar-refractivity contribution in [3.8, 4) is 0 Å². The molecule has 9 heteroatoms. The van der Waals surface area contributed by atoms with Crippen molar-refractivity contribution < 1.29 is 27.3 Å². The van der Waals surface area contributed by atoms with Crippen LogP contribution in [0.1, 0.15) is 10.4 Å². The highest BCUT2D eigenvalue weighted by atomic mass is 35.5. The molecule has 0 aromatic heterocycles. The zero-order chi connectivity index (χ0) is 14.6. The van der Waals surface area contributed by atoms with Crippen molar-refractivity contribution in [1.82, 2.24) is 0 Å². The van der Waals surface area contributed by atoms with Gasteiger partial charge < -0.3 is 5.11 Å². The number of aromatic carboxylic acids is 1. The lowest BCUT2D eigenvalue weighted by molar-refractivity contribution is -0.0326. The molecule has 0 bridgehead atoms. The molecule has 1 aromatic carbocycles. The fourth-order valence-corrected chi connectivity index (χ4v) is 3.23. The minimum absolute atomic E-state index is 0.0158. The Bertz CT molecular complexity index is 505. The van der Waals surface area contributed by atoms with Gasteiger partial charge in [0.2, 0.25) is 0 Å². The van der Waals surface area contributed by atoms with Crippen molar-refractivity contribution in [2.75, 3.05) is 11.5 Å². The van der Waals surface area contributed by atoms with Gasteiger partial charge in [0.1, 0.15) is 0 Å². The summed E-state index contributed by atoms with van der Waals surface area (Å²) in [4.78, 5) is 10.9. The van der Waals surface area contributed by atoms with Gasteiger partial charge in [-0.05, 0) is 18.2 Å². The van der Waals surface area contributed by atoms with Gasteiger partial charge in [-0.1, -0.05) is 23.4 Å². The summed E-state index contributed by atoms with van der Waals surface area (Å²) in [5.41, 5.74) is -4.59. The number of benzene rings is 1. The monoisotopic (exact) mass is 332 g/mol. The molecule has 0 saturated heterocycles. The molecule has 1 atom stereocenters. The van der Waals surface area contributed by atoms with Crippen LogP contribution in [-0.2, 0) is 10.8 Å². The summed E-state index contributed by atoms with van der Waals surface area (Å²) < 4.78 is 47.4. The summed E-state index contributed by atoms with van der Waals surface area (Å²) in [6, 6.07) is 3.71. The first-order valence-electron chi connectivity index (χ1n) is 4.82. The molecular formula is C10H8ClF3O3S2. The van der Waals surface area contributed by atoms with Gasteiger partial charge in [-0.15, -0.1) is 0 Å². The van der Waals surface area contributed by atoms with Crippen molar-refractivity contribution in [3.63, 3.8) is 0 Å². The minimum Gasteiger partial charge on any atom is -0.478 e. The Morgan fingerprint density at radius 3 is 2.58 bits per heavy atom. The third-order valence-corrected chi connectivity index (χ3v) is 4.64. The van der Waals surface area contributed by atoms with E-state index >= 15 is 0 Å². The molecule has 19 heavy (non-hydrogen) atoms. The van der Waals surface area contributed by atoms with Crippen LogP contribution in [0.2, 0.25) is 5.02 Å². The maximum atomic E-state index is 11.9. The Kier molecular flexibility index (Phi) is 5.69. The van der Waals surface area contributed by atoms with Crippen LogP contribution >= 0.6 is 23.4 Å². The predicted octanol–water partition coefficient (Wildman–Crippen LogP) is 3.40. The summed E-state index contributed by atoms with van der Waals surface area (Å²) in [6.45, 7) is 0. The Labute approximate surface area is 118 Å². The second-order valence-corrected chi connectivity index (χ2v) is 6.43. The second kappa shape index (κ2) is 6.62. The lowest BCUT2D eigenvalue weighted by Crippen LogP contribution is -2.08. The molecule has 1 unspecified atom stereocenters. The van der Waals surface area contributed by atoms with Crippen LogP contribution in [0.5, 0.6) is 0 Å². The molecule has 3 nitrogen and oxygen atoms in total. The fourth-order valence-electron chi connectivity index (χ4n) is 1.16. The average Bonchev–Trinajstić information content (AvgIpc) is 2.27. The van der Waals surface area contributed by atoms with Gasteiger partial charge in [0.25, 0.3) is 0 Å². The third-order valence-electron chi connectivity index (χ3n) is 1.97. The SMILES string of the molecule is O=C(O)c1cc(S(=O)CCSC(F)(F)F)ccc1Cl. The van der Waals surface area contributed by atoms with Crippen LogP contribution in [0, 0.1) is 0 Å². The number of carbonyl (C=O) groups is 1. The number of thioether (sulfide) groups is 1. The fraction of sp³-hybridized carbons (Fsp3) is 0.300. The van der Waals surface area contributed by atoms with E-state index in [1.807, 2.05) is 0 Å². The highest BCUT2D eigenvalue weighted by molar-refractivity contribution is 8.00. The number of carboxylic acid groups (broad SMARTS) is 1. The van der Waals surface area contributed by atoms with Gasteiger partial charge in [0.15, 0.2) is 0 Å². The Morgan fingerprint density at radius 1 is 1.42 bits per heavy atom. The summed E-state index contributed by atoms with van der Waals surface area (Å²) in [6.07, 6.45) is 0. The van der Waals surface area contributed by atoms with E-state index in [4.69, 9.17) is 16.7 Å². The van der Waals surface area contributed by atoms with Gasteiger partial charge >= 0.3 is 11.5 Å². The molecule has 0 aliphatic rings. The normalized spacial score (nSPS) is 13.3. The Morgan fingerprint density at radius 2 is 2.05 bits per heavy atom. The summed E-state index contributed by atoms with van der Waals surface area (Å²) >= 11 is 5.36. The largest absolute Gasteiger partial charge is 0.478 e. The second-order valence-electron chi connectivity index (χ2n) is 3.29. The molecule has 1 aromatic rings. The molecule has 0 heterocycles. The molecule has 0 amide bonds. The third kappa shape index (κ3) is 5.42. The first-order valence-corrected chi connectivity index (χ1v) is 7.51. The molecule has 0 saturated carbocycles. The summed E-state index contributed by atoms with van der Waals surface area (Å²) in [5.74, 6) is -1.86. The van der Waals surface area contributed by atoms with E-state index in [2.05, 4.69) is 0 Å². The van der Waals surface area contributed by atoms with Crippen LogP contribution in [0.3, 0.4) is 0 Å². The van der Waals surface area contributed by atoms with Crippen LogP contribution in [0.15, 0.2) is 23.1 Å². The maximum absolute atomic E-state index is 11.9. The number of rotatable bonds is 5. The number of alkyl halides is 3. The molecule has 0 aliphatic carbocycles. The minimum atomic E-state index is -4.36. The smallest absolute Gasteiger partial charge is 0.441 e. The summed E-state index contributed by atoms with van der Waals surface area (Å²) in [7, 11) is -1.70. The van der Waals surface area contributed by atoms with Gasteiger partial charge in [0, 0.05) is 16.4 Å². The van der Waals surface area contributed by atoms with Crippen LogP contribution in [0.4, 0.5) is 13.2 Å². The van der Waals surface area contributed by atoms with Crippen LogP contribution in [-0.4, -0.2) is 32.3 Å². The lowest BCUT2D eigenvalue weighted by Gasteiger charge is -2.06. The van der Waals surface area contributed by atoms with E-state index < -0.39 is 22.3 Å². The van der Waals surface area contributed by atoms with E-state index in [0.29, 0.717) is 0 Å². The average molecular weight is 333 g/mol. The molecule has 0 spiro atoms. The zero-order valence-electron chi connectivity index (χ0n) is 9.24. The molecule has 1 rings (SSSR count). The van der Waals surface area contributed by atoms with Gasteiger partial charge in [-0.2, -0.15) is 13.2 Å². The number of hydrogen-bond donors (Lipinski definition) is 1. The van der Waals surface area contributed by atoms with Crippen molar-refractivity contribution in [3.05, 3.63) is 28.8 Å². The maximum Gasteiger partial charge on any atom is 0.441 e. The lowest BCUT2D eigenvalue weighted by atomic mass is 10.2. The van der Waals surface area contributed by atoms with Gasteiger partial charge in [-0.3, -0.25) is 4.21 Å². The van der Waals surface area contributed by atoms with Gasteiger partial charge in [0.05, 0.1) is 21.4 Å². The first-order chi connectivity index (χ1) is 8.70. The molecule has 1 N–H and O–H groups in total. The van der Waals surface area contributed by atoms with E-state index in [1.54, 1.807) is 0 Å². The number of halogens is 4. The highest BCUT2D eigenvalue weighted by Crippen LogP contribution is 2.30. The van der Waals surface area contributed by atoms with Crippen molar-refractivity contribution in [2.45, 2.75) is 10.4 Å². The molecular weight excluding hydrogens is 325 g/mol. The van der Waals surface area contributed by atoms with E-state index in [-0.39, 0.29) is 38.7 Å². The molecule has 0 radical (unpaired) electrons. The summed E-state index contributed by atoms with van der Waals surface area (Å²) in [5, 5.41) is 8.80. The van der Waals surface area contributed by atoms with E-state index in [9.17, 15) is 22.2 Å². The Hall–Kier alpha value is -0.730. The topological polar surface area (TPSA) is 54.4 Å². The van der Waals surface area contributed by atoms with Crippen molar-refractivity contribution in [1.29, 1.82) is 0 Å².